The van der Waals surface area contributed by atoms with Gasteiger partial charge in [-0.2, -0.15) is 0 Å². The average Bonchev–Trinajstić information content (AvgIpc) is 2.13. The minimum atomic E-state index is 0.485. The lowest BCUT2D eigenvalue weighted by Crippen LogP contribution is -2.10. The Hall–Kier alpha value is -0.0400. The average molecular weight is 127 g/mol. The van der Waals surface area contributed by atoms with Crippen molar-refractivity contribution in [2.24, 2.45) is 17.1 Å². The summed E-state index contributed by atoms with van der Waals surface area (Å²) in [5, 5.41) is 0. The summed E-state index contributed by atoms with van der Waals surface area (Å²) in [5.74, 6) is 0.838. The van der Waals surface area contributed by atoms with Crippen LogP contribution in [0.1, 0.15) is 33.6 Å². The van der Waals surface area contributed by atoms with Crippen LogP contribution in [0.25, 0.3) is 0 Å². The molecule has 1 fully saturated rings. The first-order valence-corrected chi connectivity index (χ1v) is 3.74. The van der Waals surface area contributed by atoms with Crippen molar-refractivity contribution in [1.29, 1.82) is 0 Å². The maximum Gasteiger partial charge on any atom is 0.00711 e. The molecule has 0 aromatic carbocycles. The quantitative estimate of drug-likeness (QED) is 0.570. The molecule has 1 saturated carbocycles. The van der Waals surface area contributed by atoms with Crippen LogP contribution in [0.15, 0.2) is 0 Å². The van der Waals surface area contributed by atoms with Crippen LogP contribution in [0.5, 0.6) is 0 Å². The van der Waals surface area contributed by atoms with Crippen LogP contribution in [0, 0.1) is 11.3 Å². The molecule has 0 amide bonds. The summed E-state index contributed by atoms with van der Waals surface area (Å²) in [4.78, 5) is 0. The number of nitrogens with two attached hydrogens (primary N) is 1. The van der Waals surface area contributed by atoms with Crippen LogP contribution in [0.4, 0.5) is 0 Å². The van der Waals surface area contributed by atoms with E-state index in [1.54, 1.807) is 0 Å². The van der Waals surface area contributed by atoms with Gasteiger partial charge in [-0.1, -0.05) is 20.8 Å². The van der Waals surface area contributed by atoms with Gasteiger partial charge in [-0.05, 0) is 24.2 Å². The van der Waals surface area contributed by atoms with Gasteiger partial charge in [-0.3, -0.25) is 0 Å². The first-order valence-electron chi connectivity index (χ1n) is 3.74. The monoisotopic (exact) mass is 127 g/mol. The fraction of sp³-hybridized carbons (Fsp3) is 1.00. The molecule has 54 valence electrons. The van der Waals surface area contributed by atoms with E-state index in [1.807, 2.05) is 0 Å². The summed E-state index contributed by atoms with van der Waals surface area (Å²) in [6, 6.07) is 0.532. The summed E-state index contributed by atoms with van der Waals surface area (Å²) in [5.41, 5.74) is 6.16. The highest BCUT2D eigenvalue weighted by Gasteiger charge is 2.35. The Morgan fingerprint density at radius 2 is 1.89 bits per heavy atom. The Morgan fingerprint density at radius 3 is 2.00 bits per heavy atom. The van der Waals surface area contributed by atoms with Crippen LogP contribution in [-0.4, -0.2) is 6.04 Å². The SMILES string of the molecule is CC(C)(C)C[C@H]1C[C@H]1N. The van der Waals surface area contributed by atoms with Crippen molar-refractivity contribution in [3.8, 4) is 0 Å². The molecule has 0 aromatic rings. The number of rotatable bonds is 1. The molecule has 9 heavy (non-hydrogen) atoms. The number of hydrogen-bond acceptors (Lipinski definition) is 1. The van der Waals surface area contributed by atoms with E-state index in [4.69, 9.17) is 5.73 Å². The maximum absolute atomic E-state index is 5.67. The van der Waals surface area contributed by atoms with E-state index in [-0.39, 0.29) is 0 Å². The van der Waals surface area contributed by atoms with E-state index in [0.717, 1.165) is 5.92 Å². The van der Waals surface area contributed by atoms with Crippen LogP contribution in [0.2, 0.25) is 0 Å². The molecule has 0 unspecified atom stereocenters. The molecule has 2 N–H and O–H groups in total. The minimum Gasteiger partial charge on any atom is -0.327 e. The highest BCUT2D eigenvalue weighted by molar-refractivity contribution is 4.92. The normalized spacial score (nSPS) is 34.7. The molecule has 0 bridgehead atoms. The van der Waals surface area contributed by atoms with Gasteiger partial charge in [-0.25, -0.2) is 0 Å². The summed E-state index contributed by atoms with van der Waals surface area (Å²) in [7, 11) is 0. The van der Waals surface area contributed by atoms with Crippen molar-refractivity contribution < 1.29 is 0 Å². The highest BCUT2D eigenvalue weighted by atomic mass is 14.7. The van der Waals surface area contributed by atoms with Gasteiger partial charge in [-0.15, -0.1) is 0 Å². The predicted molar refractivity (Wildman–Crippen MR) is 40.2 cm³/mol. The van der Waals surface area contributed by atoms with Gasteiger partial charge in [0.25, 0.3) is 0 Å². The van der Waals surface area contributed by atoms with Crippen molar-refractivity contribution in [2.45, 2.75) is 39.7 Å². The molecule has 1 aliphatic carbocycles. The van der Waals surface area contributed by atoms with Crippen molar-refractivity contribution in [3.05, 3.63) is 0 Å². The number of hydrogen-bond donors (Lipinski definition) is 1. The third-order valence-electron chi connectivity index (χ3n) is 1.85. The summed E-state index contributed by atoms with van der Waals surface area (Å²) < 4.78 is 0. The zero-order chi connectivity index (χ0) is 7.07. The lowest BCUT2D eigenvalue weighted by molar-refractivity contribution is 0.350. The van der Waals surface area contributed by atoms with E-state index >= 15 is 0 Å². The van der Waals surface area contributed by atoms with Crippen LogP contribution in [0.3, 0.4) is 0 Å². The molecular formula is C8H17N. The van der Waals surface area contributed by atoms with Crippen molar-refractivity contribution in [3.63, 3.8) is 0 Å². The van der Waals surface area contributed by atoms with Crippen molar-refractivity contribution in [2.75, 3.05) is 0 Å². The summed E-state index contributed by atoms with van der Waals surface area (Å²) in [6.07, 6.45) is 2.56. The molecule has 0 aromatic heterocycles. The van der Waals surface area contributed by atoms with Gasteiger partial charge in [0.1, 0.15) is 0 Å². The predicted octanol–water partition coefficient (Wildman–Crippen LogP) is 1.77. The first kappa shape index (κ1) is 7.07. The second-order valence-corrected chi connectivity index (χ2v) is 4.42. The second kappa shape index (κ2) is 1.98. The van der Waals surface area contributed by atoms with Gasteiger partial charge in [0, 0.05) is 6.04 Å². The molecule has 1 nitrogen and oxygen atoms in total. The van der Waals surface area contributed by atoms with Crippen molar-refractivity contribution >= 4 is 0 Å². The van der Waals surface area contributed by atoms with Gasteiger partial charge >= 0.3 is 0 Å². The third-order valence-corrected chi connectivity index (χ3v) is 1.85. The molecule has 0 heterocycles. The molecule has 0 spiro atoms. The van der Waals surface area contributed by atoms with E-state index in [9.17, 15) is 0 Å². The highest BCUT2D eigenvalue weighted by Crippen LogP contribution is 2.38. The topological polar surface area (TPSA) is 26.0 Å². The Labute approximate surface area is 57.6 Å². The zero-order valence-corrected chi connectivity index (χ0v) is 6.65. The van der Waals surface area contributed by atoms with Crippen LogP contribution < -0.4 is 5.73 Å². The molecular weight excluding hydrogens is 110 g/mol. The van der Waals surface area contributed by atoms with E-state index in [0.29, 0.717) is 11.5 Å². The largest absolute Gasteiger partial charge is 0.327 e. The zero-order valence-electron chi connectivity index (χ0n) is 6.65. The third kappa shape index (κ3) is 2.35. The van der Waals surface area contributed by atoms with Crippen LogP contribution in [-0.2, 0) is 0 Å². The van der Waals surface area contributed by atoms with Crippen LogP contribution >= 0.6 is 0 Å². The molecule has 2 atom stereocenters. The lowest BCUT2D eigenvalue weighted by Gasteiger charge is -2.16. The Morgan fingerprint density at radius 1 is 1.44 bits per heavy atom. The Bertz CT molecular complexity index is 102. The smallest absolute Gasteiger partial charge is 0.00711 e. The second-order valence-electron chi connectivity index (χ2n) is 4.42. The molecule has 1 heteroatoms. The van der Waals surface area contributed by atoms with E-state index < -0.39 is 0 Å². The molecule has 1 rings (SSSR count). The fourth-order valence-corrected chi connectivity index (χ4v) is 1.29. The molecule has 0 saturated heterocycles. The standard InChI is InChI=1S/C8H17N/c1-8(2,3)5-6-4-7(6)9/h6-7H,4-5,9H2,1-3H3/t6-,7-/m1/s1. The lowest BCUT2D eigenvalue weighted by atomic mass is 9.89. The first-order chi connectivity index (χ1) is 3.99. The van der Waals surface area contributed by atoms with Gasteiger partial charge in [0.05, 0.1) is 0 Å². The van der Waals surface area contributed by atoms with Gasteiger partial charge < -0.3 is 5.73 Å². The maximum atomic E-state index is 5.67. The fourth-order valence-electron chi connectivity index (χ4n) is 1.29. The molecule has 0 aliphatic heterocycles. The van der Waals surface area contributed by atoms with Crippen molar-refractivity contribution in [1.82, 2.24) is 0 Å². The Balaban J connectivity index is 2.19. The summed E-state index contributed by atoms with van der Waals surface area (Å²) in [6.45, 7) is 6.83. The Kier molecular flexibility index (Phi) is 1.55. The van der Waals surface area contributed by atoms with E-state index in [1.165, 1.54) is 12.8 Å². The minimum absolute atomic E-state index is 0.485. The summed E-state index contributed by atoms with van der Waals surface area (Å²) >= 11 is 0. The molecule has 0 radical (unpaired) electrons. The van der Waals surface area contributed by atoms with Gasteiger partial charge in [0.15, 0.2) is 0 Å². The molecule has 1 aliphatic rings. The van der Waals surface area contributed by atoms with Gasteiger partial charge in [0.2, 0.25) is 0 Å². The van der Waals surface area contributed by atoms with E-state index in [2.05, 4.69) is 20.8 Å².